The zero-order valence-corrected chi connectivity index (χ0v) is 12.3. The smallest absolute Gasteiger partial charge is 0.323 e. The molecule has 0 radical (unpaired) electrons. The van der Waals surface area contributed by atoms with Gasteiger partial charge in [-0.25, -0.2) is 0 Å². The van der Waals surface area contributed by atoms with Gasteiger partial charge in [0.1, 0.15) is 0 Å². The monoisotopic (exact) mass is 281 g/mol. The average molecular weight is 281 g/mol. The molecule has 0 amide bonds. The predicted molar refractivity (Wildman–Crippen MR) is 77.2 cm³/mol. The van der Waals surface area contributed by atoms with Crippen molar-refractivity contribution in [1.82, 2.24) is 15.0 Å². The van der Waals surface area contributed by atoms with Crippen LogP contribution in [-0.4, -0.2) is 46.9 Å². The number of nitrogens with one attached hydrogen (secondary N) is 2. The first-order chi connectivity index (χ1) is 9.71. The molecule has 2 heterocycles. The fraction of sp³-hybridized carbons (Fsp3) is 0.769. The number of rotatable bonds is 6. The molecule has 112 valence electrons. The van der Waals surface area contributed by atoms with Crippen LogP contribution in [0.25, 0.3) is 0 Å². The van der Waals surface area contributed by atoms with E-state index >= 15 is 0 Å². The highest BCUT2D eigenvalue weighted by atomic mass is 16.5. The number of hydrogen-bond acceptors (Lipinski definition) is 7. The van der Waals surface area contributed by atoms with Crippen LogP contribution in [0.5, 0.6) is 6.01 Å². The van der Waals surface area contributed by atoms with E-state index in [0.717, 1.165) is 26.0 Å². The van der Waals surface area contributed by atoms with E-state index in [0.29, 0.717) is 30.6 Å². The third-order valence-corrected chi connectivity index (χ3v) is 3.04. The third-order valence-electron chi connectivity index (χ3n) is 3.04. The minimum Gasteiger partial charge on any atom is -0.464 e. The minimum absolute atomic E-state index is 0.266. The number of hydrogen-bond donors (Lipinski definition) is 2. The maximum Gasteiger partial charge on any atom is 0.323 e. The number of anilines is 2. The third kappa shape index (κ3) is 4.19. The maximum atomic E-state index is 5.54. The molecular weight excluding hydrogens is 258 g/mol. The summed E-state index contributed by atoms with van der Waals surface area (Å²) in [5.74, 6) is 1.09. The first kappa shape index (κ1) is 14.8. The van der Waals surface area contributed by atoms with E-state index < -0.39 is 0 Å². The van der Waals surface area contributed by atoms with Gasteiger partial charge in [-0.2, -0.15) is 15.0 Å². The Morgan fingerprint density at radius 3 is 2.75 bits per heavy atom. The van der Waals surface area contributed by atoms with Crippen molar-refractivity contribution >= 4 is 11.9 Å². The molecular formula is C13H23N5O2. The molecule has 0 aromatic carbocycles. The van der Waals surface area contributed by atoms with Gasteiger partial charge in [0.15, 0.2) is 0 Å². The van der Waals surface area contributed by atoms with Crippen LogP contribution in [-0.2, 0) is 4.74 Å². The minimum atomic E-state index is 0.266. The van der Waals surface area contributed by atoms with E-state index in [1.54, 1.807) is 0 Å². The molecule has 0 saturated carbocycles. The predicted octanol–water partition coefficient (Wildman–Crippen LogP) is 1.68. The molecule has 0 bridgehead atoms. The Morgan fingerprint density at radius 1 is 1.25 bits per heavy atom. The van der Waals surface area contributed by atoms with Crippen LogP contribution in [0.2, 0.25) is 0 Å². The van der Waals surface area contributed by atoms with Gasteiger partial charge in [0.05, 0.1) is 12.7 Å². The van der Waals surface area contributed by atoms with Crippen molar-refractivity contribution in [2.45, 2.75) is 45.8 Å². The summed E-state index contributed by atoms with van der Waals surface area (Å²) in [5.41, 5.74) is 0. The van der Waals surface area contributed by atoms with E-state index in [-0.39, 0.29) is 6.10 Å². The molecule has 2 unspecified atom stereocenters. The standard InChI is InChI=1S/C13H23N5O2/c1-4-14-11-16-12(18-13(17-11)19-5-2)15-10-6-7-20-9(3)8-10/h9-10H,4-8H2,1-3H3,(H2,14,15,16,17,18). The highest BCUT2D eigenvalue weighted by Gasteiger charge is 2.20. The second-order valence-corrected chi connectivity index (χ2v) is 4.78. The van der Waals surface area contributed by atoms with Crippen LogP contribution < -0.4 is 15.4 Å². The summed E-state index contributed by atoms with van der Waals surface area (Å²) >= 11 is 0. The van der Waals surface area contributed by atoms with Crippen LogP contribution in [0, 0.1) is 0 Å². The second kappa shape index (κ2) is 7.23. The van der Waals surface area contributed by atoms with Crippen molar-refractivity contribution in [2.24, 2.45) is 0 Å². The summed E-state index contributed by atoms with van der Waals surface area (Å²) in [6.45, 7) is 8.03. The number of nitrogens with zero attached hydrogens (tertiary/aromatic N) is 3. The molecule has 2 rings (SSSR count). The highest BCUT2D eigenvalue weighted by Crippen LogP contribution is 2.18. The quantitative estimate of drug-likeness (QED) is 0.821. The Balaban J connectivity index is 2.08. The summed E-state index contributed by atoms with van der Waals surface area (Å²) in [6.07, 6.45) is 2.17. The van der Waals surface area contributed by atoms with Gasteiger partial charge in [-0.1, -0.05) is 0 Å². The van der Waals surface area contributed by atoms with Crippen LogP contribution in [0.15, 0.2) is 0 Å². The summed E-state index contributed by atoms with van der Waals surface area (Å²) in [6, 6.07) is 0.672. The normalized spacial score (nSPS) is 22.4. The molecule has 1 aromatic rings. The number of aromatic nitrogens is 3. The zero-order chi connectivity index (χ0) is 14.4. The van der Waals surface area contributed by atoms with Crippen molar-refractivity contribution in [3.8, 4) is 6.01 Å². The molecule has 1 aromatic heterocycles. The van der Waals surface area contributed by atoms with Gasteiger partial charge in [-0.3, -0.25) is 0 Å². The Bertz CT molecular complexity index is 405. The lowest BCUT2D eigenvalue weighted by Gasteiger charge is -2.27. The maximum absolute atomic E-state index is 5.54. The van der Waals surface area contributed by atoms with E-state index in [1.807, 2.05) is 13.8 Å². The SMILES string of the molecule is CCNc1nc(NC2CCOC(C)C2)nc(OCC)n1. The van der Waals surface area contributed by atoms with Gasteiger partial charge in [-0.15, -0.1) is 0 Å². The molecule has 0 aliphatic carbocycles. The average Bonchev–Trinajstić information content (AvgIpc) is 2.39. The van der Waals surface area contributed by atoms with Gasteiger partial charge in [0.25, 0.3) is 0 Å². The van der Waals surface area contributed by atoms with E-state index in [4.69, 9.17) is 9.47 Å². The molecule has 1 aliphatic heterocycles. The van der Waals surface area contributed by atoms with Crippen molar-refractivity contribution in [1.29, 1.82) is 0 Å². The lowest BCUT2D eigenvalue weighted by atomic mass is 10.0. The van der Waals surface area contributed by atoms with Gasteiger partial charge in [-0.05, 0) is 33.6 Å². The molecule has 7 heteroatoms. The van der Waals surface area contributed by atoms with Crippen molar-refractivity contribution in [2.75, 3.05) is 30.4 Å². The lowest BCUT2D eigenvalue weighted by Crippen LogP contribution is -2.33. The largest absolute Gasteiger partial charge is 0.464 e. The molecule has 2 N–H and O–H groups in total. The molecule has 7 nitrogen and oxygen atoms in total. The first-order valence-electron chi connectivity index (χ1n) is 7.22. The van der Waals surface area contributed by atoms with E-state index in [1.165, 1.54) is 0 Å². The number of ether oxygens (including phenoxy) is 2. The van der Waals surface area contributed by atoms with Crippen LogP contribution in [0.1, 0.15) is 33.6 Å². The molecule has 1 fully saturated rings. The Morgan fingerprint density at radius 2 is 2.05 bits per heavy atom. The molecule has 1 saturated heterocycles. The van der Waals surface area contributed by atoms with E-state index in [9.17, 15) is 0 Å². The van der Waals surface area contributed by atoms with Crippen LogP contribution in [0.4, 0.5) is 11.9 Å². The second-order valence-electron chi connectivity index (χ2n) is 4.78. The Kier molecular flexibility index (Phi) is 5.34. The summed E-state index contributed by atoms with van der Waals surface area (Å²) in [4.78, 5) is 12.8. The fourth-order valence-corrected chi connectivity index (χ4v) is 2.16. The summed E-state index contributed by atoms with van der Waals surface area (Å²) < 4.78 is 10.9. The molecule has 1 aliphatic rings. The lowest BCUT2D eigenvalue weighted by molar-refractivity contribution is 0.0231. The van der Waals surface area contributed by atoms with Gasteiger partial charge in [0.2, 0.25) is 11.9 Å². The van der Waals surface area contributed by atoms with Gasteiger partial charge in [0, 0.05) is 19.2 Å². The van der Waals surface area contributed by atoms with Crippen molar-refractivity contribution in [3.05, 3.63) is 0 Å². The van der Waals surface area contributed by atoms with E-state index in [2.05, 4.69) is 32.5 Å². The fourth-order valence-electron chi connectivity index (χ4n) is 2.16. The Labute approximate surface area is 119 Å². The van der Waals surface area contributed by atoms with Crippen LogP contribution in [0.3, 0.4) is 0 Å². The molecule has 2 atom stereocenters. The molecule has 0 spiro atoms. The van der Waals surface area contributed by atoms with Crippen molar-refractivity contribution in [3.63, 3.8) is 0 Å². The summed E-state index contributed by atoms with van der Waals surface area (Å²) in [5, 5.41) is 6.43. The topological polar surface area (TPSA) is 81.2 Å². The first-order valence-corrected chi connectivity index (χ1v) is 7.22. The zero-order valence-electron chi connectivity index (χ0n) is 12.3. The Hall–Kier alpha value is -1.63. The van der Waals surface area contributed by atoms with Gasteiger partial charge < -0.3 is 20.1 Å². The van der Waals surface area contributed by atoms with Crippen molar-refractivity contribution < 1.29 is 9.47 Å². The highest BCUT2D eigenvalue weighted by molar-refractivity contribution is 5.36. The molecule has 20 heavy (non-hydrogen) atoms. The van der Waals surface area contributed by atoms with Gasteiger partial charge >= 0.3 is 6.01 Å². The summed E-state index contributed by atoms with van der Waals surface area (Å²) in [7, 11) is 0. The van der Waals surface area contributed by atoms with Crippen LogP contribution >= 0.6 is 0 Å².